The molecule has 2 fully saturated rings. The summed E-state index contributed by atoms with van der Waals surface area (Å²) in [7, 11) is 0. The van der Waals surface area contributed by atoms with E-state index in [1.807, 2.05) is 26.8 Å². The Morgan fingerprint density at radius 1 is 1.24 bits per heavy atom. The maximum Gasteiger partial charge on any atom is 0.326 e. The van der Waals surface area contributed by atoms with Gasteiger partial charge in [0.1, 0.15) is 12.1 Å². The van der Waals surface area contributed by atoms with Gasteiger partial charge in [-0.1, -0.05) is 31.9 Å². The topological polar surface area (TPSA) is 92.8 Å². The predicted octanol–water partition coefficient (Wildman–Crippen LogP) is 2.92. The Labute approximate surface area is 170 Å². The maximum atomic E-state index is 12.9. The van der Waals surface area contributed by atoms with Gasteiger partial charge in [0.15, 0.2) is 6.10 Å². The van der Waals surface area contributed by atoms with Crippen molar-refractivity contribution in [3.05, 3.63) is 34.9 Å². The van der Waals surface area contributed by atoms with Crippen molar-refractivity contribution in [2.24, 2.45) is 5.92 Å². The number of nitrogens with zero attached hydrogens (tertiary/aromatic N) is 1. The zero-order valence-electron chi connectivity index (χ0n) is 17.4. The lowest BCUT2D eigenvalue weighted by molar-refractivity contribution is -0.150. The number of imide groups is 1. The van der Waals surface area contributed by atoms with Crippen LogP contribution in [0.4, 0.5) is 4.79 Å². The average molecular weight is 400 g/mol. The number of esters is 1. The van der Waals surface area contributed by atoms with E-state index in [9.17, 15) is 19.2 Å². The number of hydrogen-bond donors (Lipinski definition) is 1. The molecule has 0 radical (unpaired) electrons. The molecule has 1 aliphatic carbocycles. The second kappa shape index (κ2) is 7.97. The number of nitrogens with one attached hydrogen (secondary N) is 1. The van der Waals surface area contributed by atoms with E-state index in [4.69, 9.17) is 4.74 Å². The number of amides is 3. The number of benzene rings is 1. The van der Waals surface area contributed by atoms with E-state index < -0.39 is 30.2 Å². The lowest BCUT2D eigenvalue weighted by Gasteiger charge is -2.36. The summed E-state index contributed by atoms with van der Waals surface area (Å²) in [6.45, 7) is 6.80. The molecule has 1 saturated heterocycles. The van der Waals surface area contributed by atoms with E-state index >= 15 is 0 Å². The van der Waals surface area contributed by atoms with Gasteiger partial charge in [-0.25, -0.2) is 4.79 Å². The predicted molar refractivity (Wildman–Crippen MR) is 106 cm³/mol. The Balaban J connectivity index is 1.64. The minimum absolute atomic E-state index is 0.0130. The van der Waals surface area contributed by atoms with Gasteiger partial charge < -0.3 is 10.1 Å². The largest absolute Gasteiger partial charge is 0.453 e. The van der Waals surface area contributed by atoms with E-state index in [-0.39, 0.29) is 17.6 Å². The van der Waals surface area contributed by atoms with Gasteiger partial charge in [-0.2, -0.15) is 0 Å². The van der Waals surface area contributed by atoms with Crippen LogP contribution in [0.3, 0.4) is 0 Å². The zero-order valence-corrected chi connectivity index (χ0v) is 17.4. The maximum absolute atomic E-state index is 12.9. The van der Waals surface area contributed by atoms with Crippen LogP contribution in [0.2, 0.25) is 0 Å². The van der Waals surface area contributed by atoms with Gasteiger partial charge in [0.05, 0.1) is 0 Å². The molecule has 0 unspecified atom stereocenters. The number of urea groups is 1. The van der Waals surface area contributed by atoms with Crippen LogP contribution in [0.1, 0.15) is 61.0 Å². The average Bonchev–Trinajstić information content (AvgIpc) is 2.90. The summed E-state index contributed by atoms with van der Waals surface area (Å²) >= 11 is 0. The standard InChI is InChI=1S/C22H28N2O5/c1-13-8-9-17(11-14(13)2)19(26)16(4)29-18(25)12-24-20(27)22(23-21(24)28)10-6-5-7-15(22)3/h8-9,11,15-16H,5-7,10,12H2,1-4H3,(H,23,28)/t15-,16-,22-/m0/s1. The summed E-state index contributed by atoms with van der Waals surface area (Å²) in [5.74, 6) is -1.46. The van der Waals surface area contributed by atoms with Crippen molar-refractivity contribution in [1.29, 1.82) is 0 Å². The lowest BCUT2D eigenvalue weighted by Crippen LogP contribution is -2.54. The fourth-order valence-corrected chi connectivity index (χ4v) is 4.19. The second-order valence-electron chi connectivity index (χ2n) is 8.24. The van der Waals surface area contributed by atoms with Crippen LogP contribution >= 0.6 is 0 Å². The normalized spacial score (nSPS) is 25.1. The second-order valence-corrected chi connectivity index (χ2v) is 8.24. The van der Waals surface area contributed by atoms with E-state index in [0.29, 0.717) is 12.0 Å². The number of aryl methyl sites for hydroxylation is 2. The minimum Gasteiger partial charge on any atom is -0.453 e. The Morgan fingerprint density at radius 3 is 2.62 bits per heavy atom. The van der Waals surface area contributed by atoms with Crippen molar-refractivity contribution in [2.75, 3.05) is 6.54 Å². The molecule has 1 aliphatic heterocycles. The first-order valence-corrected chi connectivity index (χ1v) is 10.1. The Morgan fingerprint density at radius 2 is 1.97 bits per heavy atom. The number of ether oxygens (including phenoxy) is 1. The molecule has 2 aliphatic rings. The molecular formula is C22H28N2O5. The molecule has 7 heteroatoms. The lowest BCUT2D eigenvalue weighted by atomic mass is 9.73. The van der Waals surface area contributed by atoms with Gasteiger partial charge in [-0.15, -0.1) is 0 Å². The molecule has 0 bridgehead atoms. The number of rotatable bonds is 5. The molecule has 1 N–H and O–H groups in total. The van der Waals surface area contributed by atoms with Gasteiger partial charge >= 0.3 is 12.0 Å². The van der Waals surface area contributed by atoms with Crippen LogP contribution in [0, 0.1) is 19.8 Å². The number of carbonyl (C=O) groups excluding carboxylic acids is 4. The highest BCUT2D eigenvalue weighted by molar-refractivity contribution is 6.09. The third-order valence-corrected chi connectivity index (χ3v) is 6.26. The molecule has 3 rings (SSSR count). The quantitative estimate of drug-likeness (QED) is 0.466. The van der Waals surface area contributed by atoms with Crippen LogP contribution < -0.4 is 5.32 Å². The summed E-state index contributed by atoms with van der Waals surface area (Å²) in [6, 6.07) is 4.72. The zero-order chi connectivity index (χ0) is 21.3. The minimum atomic E-state index is -1.01. The Hall–Kier alpha value is -2.70. The molecule has 1 aromatic carbocycles. The van der Waals surface area contributed by atoms with Crippen molar-refractivity contribution in [2.45, 2.75) is 65.0 Å². The van der Waals surface area contributed by atoms with Crippen LogP contribution in [0.5, 0.6) is 0 Å². The SMILES string of the molecule is Cc1ccc(C(=O)[C@H](C)OC(=O)CN2C(=O)N[C@]3(CCCC[C@@H]3C)C2=O)cc1C. The monoisotopic (exact) mass is 400 g/mol. The van der Waals surface area contributed by atoms with Crippen LogP contribution in [-0.2, 0) is 14.3 Å². The summed E-state index contributed by atoms with van der Waals surface area (Å²) in [5.41, 5.74) is 1.57. The molecule has 1 saturated carbocycles. The number of carbonyl (C=O) groups is 4. The van der Waals surface area contributed by atoms with E-state index in [1.165, 1.54) is 6.92 Å². The van der Waals surface area contributed by atoms with Crippen molar-refractivity contribution in [3.8, 4) is 0 Å². The van der Waals surface area contributed by atoms with E-state index in [2.05, 4.69) is 5.32 Å². The first-order chi connectivity index (χ1) is 13.7. The van der Waals surface area contributed by atoms with E-state index in [0.717, 1.165) is 35.3 Å². The van der Waals surface area contributed by atoms with Crippen molar-refractivity contribution >= 4 is 23.7 Å². The Kier molecular flexibility index (Phi) is 5.78. The van der Waals surface area contributed by atoms with Gasteiger partial charge in [0, 0.05) is 5.56 Å². The molecule has 1 heterocycles. The fourth-order valence-electron chi connectivity index (χ4n) is 4.19. The summed E-state index contributed by atoms with van der Waals surface area (Å²) in [5, 5.41) is 2.80. The summed E-state index contributed by atoms with van der Waals surface area (Å²) < 4.78 is 5.24. The van der Waals surface area contributed by atoms with E-state index in [1.54, 1.807) is 12.1 Å². The van der Waals surface area contributed by atoms with Crippen LogP contribution in [0.25, 0.3) is 0 Å². The number of Topliss-reactive ketones (excluding diaryl/α,β-unsaturated/α-hetero) is 1. The molecule has 7 nitrogen and oxygen atoms in total. The van der Waals surface area contributed by atoms with Gasteiger partial charge in [-0.05, 0) is 56.7 Å². The van der Waals surface area contributed by atoms with Crippen molar-refractivity contribution < 1.29 is 23.9 Å². The third-order valence-electron chi connectivity index (χ3n) is 6.26. The summed E-state index contributed by atoms with van der Waals surface area (Å²) in [4.78, 5) is 51.1. The first-order valence-electron chi connectivity index (χ1n) is 10.1. The molecule has 3 amide bonds. The molecule has 1 aromatic rings. The molecule has 3 atom stereocenters. The number of hydrogen-bond acceptors (Lipinski definition) is 5. The van der Waals surface area contributed by atoms with Gasteiger partial charge in [0.2, 0.25) is 5.78 Å². The van der Waals surface area contributed by atoms with Crippen molar-refractivity contribution in [3.63, 3.8) is 0 Å². The van der Waals surface area contributed by atoms with Gasteiger partial charge in [0.25, 0.3) is 5.91 Å². The van der Waals surface area contributed by atoms with Gasteiger partial charge in [-0.3, -0.25) is 19.3 Å². The number of ketones is 1. The molecular weight excluding hydrogens is 372 g/mol. The highest BCUT2D eigenvalue weighted by Gasteiger charge is 2.55. The Bertz CT molecular complexity index is 865. The fraction of sp³-hybridized carbons (Fsp3) is 0.545. The van der Waals surface area contributed by atoms with Crippen molar-refractivity contribution in [1.82, 2.24) is 10.2 Å². The van der Waals surface area contributed by atoms with Crippen LogP contribution in [-0.4, -0.2) is 46.8 Å². The summed E-state index contributed by atoms with van der Waals surface area (Å²) in [6.07, 6.45) is 2.30. The molecule has 1 spiro atoms. The van der Waals surface area contributed by atoms with Crippen LogP contribution in [0.15, 0.2) is 18.2 Å². The highest BCUT2D eigenvalue weighted by atomic mass is 16.5. The molecule has 0 aromatic heterocycles. The third kappa shape index (κ3) is 3.91. The smallest absolute Gasteiger partial charge is 0.326 e. The molecule has 29 heavy (non-hydrogen) atoms. The first kappa shape index (κ1) is 21.0. The highest BCUT2D eigenvalue weighted by Crippen LogP contribution is 2.38. The molecule has 156 valence electrons.